The Morgan fingerprint density at radius 1 is 1.30 bits per heavy atom. The van der Waals surface area contributed by atoms with E-state index in [-0.39, 0.29) is 17.7 Å². The number of sulfonamides is 1. The number of hydrogen-bond acceptors (Lipinski definition) is 3. The Kier molecular flexibility index (Phi) is 6.18. The number of aryl methyl sites for hydroxylation is 2. The number of carbonyl (C=O) groups is 1. The molecular formula is C17H26N2O3S. The lowest BCUT2D eigenvalue weighted by atomic mass is 10.0. The summed E-state index contributed by atoms with van der Waals surface area (Å²) in [5.74, 6) is 0.184. The van der Waals surface area contributed by atoms with Crippen molar-refractivity contribution in [1.82, 2.24) is 9.62 Å². The SMILES string of the molecule is CCS(=O)(=O)N1CCC(NC(=O)CCc2cccc(C)c2)CC1. The van der Waals surface area contributed by atoms with Crippen LogP contribution in [0.2, 0.25) is 0 Å². The van der Waals surface area contributed by atoms with E-state index in [2.05, 4.69) is 11.4 Å². The second kappa shape index (κ2) is 7.93. The smallest absolute Gasteiger partial charge is 0.220 e. The van der Waals surface area contributed by atoms with Gasteiger partial charge in [-0.25, -0.2) is 12.7 Å². The van der Waals surface area contributed by atoms with Crippen LogP contribution in [-0.4, -0.2) is 43.5 Å². The molecule has 1 aliphatic rings. The monoisotopic (exact) mass is 338 g/mol. The summed E-state index contributed by atoms with van der Waals surface area (Å²) in [6.07, 6.45) is 2.58. The molecule has 0 atom stereocenters. The molecule has 0 aromatic heterocycles. The zero-order valence-electron chi connectivity index (χ0n) is 13.9. The number of hydrogen-bond donors (Lipinski definition) is 1. The van der Waals surface area contributed by atoms with Crippen LogP contribution in [0.25, 0.3) is 0 Å². The van der Waals surface area contributed by atoms with Crippen LogP contribution in [0, 0.1) is 6.92 Å². The molecule has 23 heavy (non-hydrogen) atoms. The van der Waals surface area contributed by atoms with E-state index in [1.165, 1.54) is 15.4 Å². The van der Waals surface area contributed by atoms with E-state index in [1.807, 2.05) is 25.1 Å². The van der Waals surface area contributed by atoms with Crippen LogP contribution in [0.5, 0.6) is 0 Å². The van der Waals surface area contributed by atoms with Crippen molar-refractivity contribution >= 4 is 15.9 Å². The van der Waals surface area contributed by atoms with Crippen molar-refractivity contribution in [1.29, 1.82) is 0 Å². The van der Waals surface area contributed by atoms with Gasteiger partial charge in [-0.3, -0.25) is 4.79 Å². The lowest BCUT2D eigenvalue weighted by Gasteiger charge is -2.31. The Morgan fingerprint density at radius 2 is 2.00 bits per heavy atom. The van der Waals surface area contributed by atoms with Gasteiger partial charge in [0, 0.05) is 25.6 Å². The Labute approximate surface area is 139 Å². The average molecular weight is 338 g/mol. The molecule has 0 radical (unpaired) electrons. The van der Waals surface area contributed by atoms with Gasteiger partial charge in [0.1, 0.15) is 0 Å². The molecule has 128 valence electrons. The number of benzene rings is 1. The van der Waals surface area contributed by atoms with E-state index in [0.717, 1.165) is 6.42 Å². The topological polar surface area (TPSA) is 66.5 Å². The molecule has 0 unspecified atom stereocenters. The Hall–Kier alpha value is -1.40. The zero-order valence-corrected chi connectivity index (χ0v) is 14.7. The van der Waals surface area contributed by atoms with Crippen molar-refractivity contribution in [3.63, 3.8) is 0 Å². The molecule has 1 aliphatic heterocycles. The summed E-state index contributed by atoms with van der Waals surface area (Å²) in [5, 5.41) is 3.03. The lowest BCUT2D eigenvalue weighted by Crippen LogP contribution is -2.46. The highest BCUT2D eigenvalue weighted by atomic mass is 32.2. The molecule has 0 saturated carbocycles. The van der Waals surface area contributed by atoms with Crippen molar-refractivity contribution in [2.45, 2.75) is 45.6 Å². The van der Waals surface area contributed by atoms with Gasteiger partial charge in [0.15, 0.2) is 0 Å². The predicted octanol–water partition coefficient (Wildman–Crippen LogP) is 1.86. The third-order valence-electron chi connectivity index (χ3n) is 4.30. The number of piperidine rings is 1. The Bertz CT molecular complexity index is 635. The largest absolute Gasteiger partial charge is 0.353 e. The van der Waals surface area contributed by atoms with Crippen LogP contribution in [0.1, 0.15) is 37.3 Å². The molecule has 1 amide bonds. The van der Waals surface area contributed by atoms with Crippen LogP contribution in [0.3, 0.4) is 0 Å². The summed E-state index contributed by atoms with van der Waals surface area (Å²) < 4.78 is 25.1. The van der Waals surface area contributed by atoms with Crippen LogP contribution >= 0.6 is 0 Å². The minimum absolute atomic E-state index is 0.0447. The fourth-order valence-corrected chi connectivity index (χ4v) is 4.02. The summed E-state index contributed by atoms with van der Waals surface area (Å²) in [7, 11) is -3.10. The second-order valence-corrected chi connectivity index (χ2v) is 8.39. The highest BCUT2D eigenvalue weighted by molar-refractivity contribution is 7.89. The van der Waals surface area contributed by atoms with E-state index in [1.54, 1.807) is 6.92 Å². The van der Waals surface area contributed by atoms with Gasteiger partial charge >= 0.3 is 0 Å². The summed E-state index contributed by atoms with van der Waals surface area (Å²) in [6, 6.07) is 8.27. The van der Waals surface area contributed by atoms with E-state index >= 15 is 0 Å². The molecule has 1 saturated heterocycles. The first kappa shape index (κ1) is 17.9. The molecule has 1 aromatic rings. The van der Waals surface area contributed by atoms with Crippen LogP contribution in [0.15, 0.2) is 24.3 Å². The lowest BCUT2D eigenvalue weighted by molar-refractivity contribution is -0.122. The number of amides is 1. The summed E-state index contributed by atoms with van der Waals surface area (Å²) in [4.78, 5) is 12.1. The molecule has 2 rings (SSSR count). The van der Waals surface area contributed by atoms with Crippen molar-refractivity contribution < 1.29 is 13.2 Å². The van der Waals surface area contributed by atoms with Gasteiger partial charge in [0.2, 0.25) is 15.9 Å². The summed E-state index contributed by atoms with van der Waals surface area (Å²) >= 11 is 0. The van der Waals surface area contributed by atoms with E-state index in [9.17, 15) is 13.2 Å². The number of carbonyl (C=O) groups excluding carboxylic acids is 1. The van der Waals surface area contributed by atoms with Crippen LogP contribution in [0.4, 0.5) is 0 Å². The van der Waals surface area contributed by atoms with Gasteiger partial charge in [-0.1, -0.05) is 29.8 Å². The zero-order chi connectivity index (χ0) is 16.9. The minimum atomic E-state index is -3.10. The fraction of sp³-hybridized carbons (Fsp3) is 0.588. The quantitative estimate of drug-likeness (QED) is 0.861. The first-order valence-corrected chi connectivity index (χ1v) is 9.84. The molecule has 1 heterocycles. The normalized spacial score (nSPS) is 17.1. The van der Waals surface area contributed by atoms with E-state index in [4.69, 9.17) is 0 Å². The van der Waals surface area contributed by atoms with Gasteiger partial charge in [0.25, 0.3) is 0 Å². The van der Waals surface area contributed by atoms with E-state index < -0.39 is 10.0 Å². The molecule has 0 aliphatic carbocycles. The van der Waals surface area contributed by atoms with Crippen molar-refractivity contribution in [3.05, 3.63) is 35.4 Å². The van der Waals surface area contributed by atoms with Gasteiger partial charge in [-0.05, 0) is 38.7 Å². The highest BCUT2D eigenvalue weighted by Crippen LogP contribution is 2.15. The minimum Gasteiger partial charge on any atom is -0.353 e. The third kappa shape index (κ3) is 5.32. The molecule has 6 heteroatoms. The van der Waals surface area contributed by atoms with Gasteiger partial charge < -0.3 is 5.32 Å². The number of nitrogens with one attached hydrogen (secondary N) is 1. The molecule has 1 aromatic carbocycles. The molecule has 0 bridgehead atoms. The Balaban J connectivity index is 1.75. The first-order valence-electron chi connectivity index (χ1n) is 8.23. The molecule has 0 spiro atoms. The van der Waals surface area contributed by atoms with Crippen molar-refractivity contribution in [3.8, 4) is 0 Å². The summed E-state index contributed by atoms with van der Waals surface area (Å²) in [6.45, 7) is 4.70. The third-order valence-corrected chi connectivity index (χ3v) is 6.18. The standard InChI is InChI=1S/C17H26N2O3S/c1-3-23(21,22)19-11-9-16(10-12-19)18-17(20)8-7-15-6-4-5-14(2)13-15/h4-6,13,16H,3,7-12H2,1-2H3,(H,18,20). The molecule has 1 fully saturated rings. The maximum absolute atomic E-state index is 12.1. The van der Waals surface area contributed by atoms with Crippen LogP contribution in [-0.2, 0) is 21.2 Å². The van der Waals surface area contributed by atoms with Crippen LogP contribution < -0.4 is 5.32 Å². The number of rotatable bonds is 6. The number of nitrogens with zero attached hydrogens (tertiary/aromatic N) is 1. The average Bonchev–Trinajstić information content (AvgIpc) is 2.53. The molecular weight excluding hydrogens is 312 g/mol. The van der Waals surface area contributed by atoms with E-state index in [0.29, 0.717) is 32.4 Å². The molecule has 5 nitrogen and oxygen atoms in total. The first-order chi connectivity index (χ1) is 10.9. The maximum atomic E-state index is 12.1. The second-order valence-electron chi connectivity index (χ2n) is 6.13. The predicted molar refractivity (Wildman–Crippen MR) is 91.7 cm³/mol. The fourth-order valence-electron chi connectivity index (χ4n) is 2.89. The summed E-state index contributed by atoms with van der Waals surface area (Å²) in [5.41, 5.74) is 2.37. The van der Waals surface area contributed by atoms with Crippen molar-refractivity contribution in [2.75, 3.05) is 18.8 Å². The maximum Gasteiger partial charge on any atom is 0.220 e. The van der Waals surface area contributed by atoms with Gasteiger partial charge in [-0.2, -0.15) is 0 Å². The van der Waals surface area contributed by atoms with Gasteiger partial charge in [0.05, 0.1) is 5.75 Å². The Morgan fingerprint density at radius 3 is 2.61 bits per heavy atom. The van der Waals surface area contributed by atoms with Gasteiger partial charge in [-0.15, -0.1) is 0 Å². The highest BCUT2D eigenvalue weighted by Gasteiger charge is 2.27. The van der Waals surface area contributed by atoms with Crippen molar-refractivity contribution in [2.24, 2.45) is 0 Å². The molecule has 1 N–H and O–H groups in total.